The van der Waals surface area contributed by atoms with E-state index >= 15 is 0 Å². The zero-order valence-electron chi connectivity index (χ0n) is 27.4. The Morgan fingerprint density at radius 1 is 0.308 bits per heavy atom. The molecule has 0 atom stereocenters. The van der Waals surface area contributed by atoms with Gasteiger partial charge in [-0.05, 0) is 106 Å². The summed E-state index contributed by atoms with van der Waals surface area (Å²) in [6, 6.07) is 39.6. The van der Waals surface area contributed by atoms with Crippen molar-refractivity contribution in [3.8, 4) is 0 Å². The summed E-state index contributed by atoms with van der Waals surface area (Å²) in [7, 11) is 0. The molecule has 0 radical (unpaired) electrons. The first-order valence-corrected chi connectivity index (χ1v) is 16.2. The molecule has 6 aromatic rings. The Morgan fingerprint density at radius 2 is 0.519 bits per heavy atom. The van der Waals surface area contributed by atoms with E-state index in [9.17, 15) is 30.7 Å². The van der Waals surface area contributed by atoms with Gasteiger partial charge in [-0.3, -0.25) is 0 Å². The SMILES string of the molecule is Fc1ccc(/C=C/c2ccc(N(c3ccc(/C=C/c4ccc(C(F)(F)F)cc4)cc3)c3ccc(/C=C/c4ccc(C(F)(F)F)cc4)cc3)cc2)cc1. The maximum absolute atomic E-state index is 13.3. The molecule has 0 bridgehead atoms. The van der Waals surface area contributed by atoms with Crippen molar-refractivity contribution in [3.63, 3.8) is 0 Å². The molecule has 0 aliphatic heterocycles. The lowest BCUT2D eigenvalue weighted by atomic mass is 10.1. The Hall–Kier alpha value is -6.15. The summed E-state index contributed by atoms with van der Waals surface area (Å²) in [6.07, 6.45) is 2.23. The molecule has 52 heavy (non-hydrogen) atoms. The van der Waals surface area contributed by atoms with Gasteiger partial charge in [0, 0.05) is 17.1 Å². The summed E-state index contributed by atoms with van der Waals surface area (Å²) in [4.78, 5) is 2.07. The van der Waals surface area contributed by atoms with Crippen molar-refractivity contribution < 1.29 is 30.7 Å². The van der Waals surface area contributed by atoms with E-state index in [1.807, 2.05) is 97.1 Å². The molecule has 6 aromatic carbocycles. The van der Waals surface area contributed by atoms with Gasteiger partial charge in [-0.2, -0.15) is 26.3 Å². The van der Waals surface area contributed by atoms with Crippen LogP contribution in [-0.2, 0) is 12.4 Å². The Labute approximate surface area is 296 Å². The fourth-order valence-corrected chi connectivity index (χ4v) is 5.37. The molecule has 0 fully saturated rings. The Bertz CT molecular complexity index is 2050. The Balaban J connectivity index is 1.24. The van der Waals surface area contributed by atoms with Crippen LogP contribution in [0.15, 0.2) is 146 Å². The van der Waals surface area contributed by atoms with Crippen LogP contribution in [0.4, 0.5) is 47.8 Å². The maximum Gasteiger partial charge on any atom is 0.416 e. The minimum absolute atomic E-state index is 0.298. The third kappa shape index (κ3) is 9.34. The second-order valence-electron chi connectivity index (χ2n) is 11.9. The molecule has 260 valence electrons. The summed E-state index contributed by atoms with van der Waals surface area (Å²) in [5.41, 5.74) is 5.99. The molecule has 0 aromatic heterocycles. The number of halogens is 7. The summed E-state index contributed by atoms with van der Waals surface area (Å²) in [5.74, 6) is -0.298. The zero-order valence-corrected chi connectivity index (χ0v) is 27.4. The highest BCUT2D eigenvalue weighted by Crippen LogP contribution is 2.36. The quantitative estimate of drug-likeness (QED) is 0.107. The number of nitrogens with zero attached hydrogens (tertiary/aromatic N) is 1. The minimum Gasteiger partial charge on any atom is -0.311 e. The molecule has 0 unspecified atom stereocenters. The Kier molecular flexibility index (Phi) is 10.6. The van der Waals surface area contributed by atoms with Gasteiger partial charge in [0.2, 0.25) is 0 Å². The molecule has 0 aliphatic carbocycles. The first-order valence-electron chi connectivity index (χ1n) is 16.2. The molecular formula is C44H30F7N. The fourth-order valence-electron chi connectivity index (χ4n) is 5.37. The van der Waals surface area contributed by atoms with E-state index in [0.29, 0.717) is 11.1 Å². The number of rotatable bonds is 9. The largest absolute Gasteiger partial charge is 0.416 e. The summed E-state index contributed by atoms with van der Waals surface area (Å²) in [5, 5.41) is 0. The normalized spacial score (nSPS) is 12.3. The van der Waals surface area contributed by atoms with E-state index in [0.717, 1.165) is 63.6 Å². The molecular weight excluding hydrogens is 675 g/mol. The van der Waals surface area contributed by atoms with Crippen molar-refractivity contribution >= 4 is 53.5 Å². The van der Waals surface area contributed by atoms with Crippen LogP contribution in [0.5, 0.6) is 0 Å². The van der Waals surface area contributed by atoms with Crippen molar-refractivity contribution in [2.45, 2.75) is 12.4 Å². The van der Waals surface area contributed by atoms with Crippen LogP contribution in [0.3, 0.4) is 0 Å². The molecule has 0 N–H and O–H groups in total. The van der Waals surface area contributed by atoms with Crippen molar-refractivity contribution in [2.75, 3.05) is 4.90 Å². The molecule has 6 rings (SSSR count). The number of alkyl halides is 6. The minimum atomic E-state index is -4.39. The third-order valence-electron chi connectivity index (χ3n) is 8.20. The monoisotopic (exact) mass is 705 g/mol. The highest BCUT2D eigenvalue weighted by Gasteiger charge is 2.30. The van der Waals surface area contributed by atoms with Gasteiger partial charge in [-0.15, -0.1) is 0 Å². The molecule has 0 heterocycles. The van der Waals surface area contributed by atoms with Gasteiger partial charge in [-0.1, -0.05) is 109 Å². The maximum atomic E-state index is 13.3. The van der Waals surface area contributed by atoms with E-state index in [1.54, 1.807) is 24.3 Å². The van der Waals surface area contributed by atoms with Gasteiger partial charge in [0.15, 0.2) is 0 Å². The van der Waals surface area contributed by atoms with Crippen LogP contribution in [0.2, 0.25) is 0 Å². The third-order valence-corrected chi connectivity index (χ3v) is 8.20. The molecule has 0 spiro atoms. The van der Waals surface area contributed by atoms with E-state index in [4.69, 9.17) is 0 Å². The second-order valence-corrected chi connectivity index (χ2v) is 11.9. The van der Waals surface area contributed by atoms with Crippen molar-refractivity contribution in [3.05, 3.63) is 196 Å². The molecule has 8 heteroatoms. The van der Waals surface area contributed by atoms with Crippen molar-refractivity contribution in [1.29, 1.82) is 0 Å². The van der Waals surface area contributed by atoms with Crippen LogP contribution < -0.4 is 4.90 Å². The van der Waals surface area contributed by atoms with Crippen molar-refractivity contribution in [1.82, 2.24) is 0 Å². The smallest absolute Gasteiger partial charge is 0.311 e. The lowest BCUT2D eigenvalue weighted by Gasteiger charge is -2.26. The predicted molar refractivity (Wildman–Crippen MR) is 197 cm³/mol. The van der Waals surface area contributed by atoms with Crippen LogP contribution in [0.25, 0.3) is 36.5 Å². The lowest BCUT2D eigenvalue weighted by Crippen LogP contribution is -2.09. The highest BCUT2D eigenvalue weighted by atomic mass is 19.4. The standard InChI is InChI=1S/C44H30F7N/c45-39-23-11-33(12-24-39)3-6-36-17-29-42(30-18-36)52(40-25-13-34(14-26-40)4-1-31-7-19-37(20-8-31)43(46,47)48)41-27-15-35(16-28-41)5-2-32-9-21-38(22-10-32)44(49,50)51/h1-30H/b4-1+,5-2+,6-3+. The van der Waals surface area contributed by atoms with Gasteiger partial charge < -0.3 is 4.90 Å². The van der Waals surface area contributed by atoms with Gasteiger partial charge in [-0.25, -0.2) is 4.39 Å². The van der Waals surface area contributed by atoms with E-state index in [-0.39, 0.29) is 5.82 Å². The Morgan fingerprint density at radius 3 is 0.750 bits per heavy atom. The summed E-state index contributed by atoms with van der Waals surface area (Å²) < 4.78 is 90.9. The molecule has 0 aliphatic rings. The predicted octanol–water partition coefficient (Wildman–Crippen LogP) is 13.8. The number of hydrogen-bond acceptors (Lipinski definition) is 1. The zero-order chi connectivity index (χ0) is 36.7. The average Bonchev–Trinajstić information content (AvgIpc) is 3.14. The van der Waals surface area contributed by atoms with Crippen LogP contribution >= 0.6 is 0 Å². The second kappa shape index (κ2) is 15.4. The van der Waals surface area contributed by atoms with Gasteiger partial charge in [0.25, 0.3) is 0 Å². The topological polar surface area (TPSA) is 3.24 Å². The van der Waals surface area contributed by atoms with Crippen molar-refractivity contribution in [2.24, 2.45) is 0 Å². The van der Waals surface area contributed by atoms with Gasteiger partial charge in [0.05, 0.1) is 11.1 Å². The van der Waals surface area contributed by atoms with E-state index in [1.165, 1.54) is 36.4 Å². The summed E-state index contributed by atoms with van der Waals surface area (Å²) in [6.45, 7) is 0. The number of anilines is 3. The number of benzene rings is 6. The molecule has 0 amide bonds. The van der Waals surface area contributed by atoms with Crippen LogP contribution in [-0.4, -0.2) is 0 Å². The molecule has 1 nitrogen and oxygen atoms in total. The lowest BCUT2D eigenvalue weighted by molar-refractivity contribution is -0.138. The molecule has 0 saturated heterocycles. The van der Waals surface area contributed by atoms with Crippen LogP contribution in [0.1, 0.15) is 44.5 Å². The first kappa shape index (κ1) is 35.7. The first-order chi connectivity index (χ1) is 24.9. The van der Waals surface area contributed by atoms with Gasteiger partial charge >= 0.3 is 12.4 Å². The molecule has 0 saturated carbocycles. The van der Waals surface area contributed by atoms with E-state index < -0.39 is 23.5 Å². The van der Waals surface area contributed by atoms with E-state index in [2.05, 4.69) is 4.90 Å². The fraction of sp³-hybridized carbons (Fsp3) is 0.0455. The van der Waals surface area contributed by atoms with Gasteiger partial charge in [0.1, 0.15) is 5.82 Å². The number of hydrogen-bond donors (Lipinski definition) is 0. The average molecular weight is 706 g/mol. The van der Waals surface area contributed by atoms with Crippen LogP contribution in [0, 0.1) is 5.82 Å². The summed E-state index contributed by atoms with van der Waals surface area (Å²) >= 11 is 0. The highest BCUT2D eigenvalue weighted by molar-refractivity contribution is 5.80.